The molecule has 8 aromatic rings. The Balaban J connectivity index is 1.21. The predicted octanol–water partition coefficient (Wildman–Crippen LogP) is 11.1. The molecule has 1 aliphatic carbocycles. The molecule has 9 rings (SSSR count). The van der Waals surface area contributed by atoms with Crippen LogP contribution in [0, 0.1) is 0 Å². The van der Waals surface area contributed by atoms with Crippen LogP contribution in [0.15, 0.2) is 152 Å². The van der Waals surface area contributed by atoms with Crippen LogP contribution in [0.4, 0.5) is 0 Å². The monoisotopic (exact) mass is 604 g/mol. The van der Waals surface area contributed by atoms with Gasteiger partial charge in [-0.05, 0) is 143 Å². The highest BCUT2D eigenvalue weighted by Gasteiger charge is 2.24. The largest absolute Gasteiger partial charge is 0.491 e. The molecule has 1 aliphatic rings. The van der Waals surface area contributed by atoms with Crippen molar-refractivity contribution in [3.05, 3.63) is 163 Å². The minimum atomic E-state index is 0.00176. The Morgan fingerprint density at radius 2 is 0.936 bits per heavy atom. The number of rotatable bonds is 6. The molecule has 8 aromatic carbocycles. The van der Waals surface area contributed by atoms with Crippen molar-refractivity contribution in [1.29, 1.82) is 0 Å². The van der Waals surface area contributed by atoms with Crippen LogP contribution in [0.2, 0.25) is 0 Å². The number of hydrogen-bond donors (Lipinski definition) is 1. The number of hydrogen-bond acceptors (Lipinski definition) is 2. The Morgan fingerprint density at radius 1 is 0.426 bits per heavy atom. The van der Waals surface area contributed by atoms with E-state index in [-0.39, 0.29) is 6.61 Å². The Bertz CT molecular complexity index is 2490. The Labute approximate surface area is 274 Å². The summed E-state index contributed by atoms with van der Waals surface area (Å²) in [6.45, 7) is 0.294. The Morgan fingerprint density at radius 3 is 1.68 bits per heavy atom. The van der Waals surface area contributed by atoms with Crippen molar-refractivity contribution < 1.29 is 9.84 Å². The van der Waals surface area contributed by atoms with Gasteiger partial charge in [-0.3, -0.25) is 0 Å². The highest BCUT2D eigenvalue weighted by Crippen LogP contribution is 2.46. The molecule has 0 bridgehead atoms. The van der Waals surface area contributed by atoms with Gasteiger partial charge in [-0.15, -0.1) is 0 Å². The Hall–Kier alpha value is -5.70. The fourth-order valence-electron chi connectivity index (χ4n) is 7.26. The summed E-state index contributed by atoms with van der Waals surface area (Å²) < 4.78 is 5.68. The van der Waals surface area contributed by atoms with Crippen LogP contribution in [0.3, 0.4) is 0 Å². The third-order valence-corrected chi connectivity index (χ3v) is 9.67. The van der Waals surface area contributed by atoms with Crippen molar-refractivity contribution >= 4 is 32.3 Å². The van der Waals surface area contributed by atoms with Gasteiger partial charge in [0.15, 0.2) is 0 Å². The smallest absolute Gasteiger partial charge is 0.120 e. The molecule has 0 atom stereocenters. The zero-order chi connectivity index (χ0) is 31.3. The maximum Gasteiger partial charge on any atom is 0.120 e. The van der Waals surface area contributed by atoms with Crippen LogP contribution >= 0.6 is 0 Å². The van der Waals surface area contributed by atoms with E-state index in [1.165, 1.54) is 77.2 Å². The lowest BCUT2D eigenvalue weighted by atomic mass is 9.89. The number of fused-ring (bicyclic) bond motifs is 6. The third kappa shape index (κ3) is 4.95. The molecule has 0 heterocycles. The van der Waals surface area contributed by atoms with E-state index >= 15 is 0 Å². The fourth-order valence-corrected chi connectivity index (χ4v) is 7.26. The maximum atomic E-state index is 9.19. The summed E-state index contributed by atoms with van der Waals surface area (Å²) in [6.07, 6.45) is 0.905. The first-order chi connectivity index (χ1) is 23.2. The van der Waals surface area contributed by atoms with Crippen LogP contribution in [-0.2, 0) is 6.42 Å². The summed E-state index contributed by atoms with van der Waals surface area (Å²) in [4.78, 5) is 0. The minimum absolute atomic E-state index is 0.00176. The van der Waals surface area contributed by atoms with Crippen molar-refractivity contribution in [3.63, 3.8) is 0 Å². The summed E-state index contributed by atoms with van der Waals surface area (Å²) in [5, 5.41) is 16.5. The lowest BCUT2D eigenvalue weighted by molar-refractivity contribution is 0.201. The van der Waals surface area contributed by atoms with E-state index in [4.69, 9.17) is 4.74 Å². The van der Waals surface area contributed by atoms with Crippen molar-refractivity contribution in [2.24, 2.45) is 0 Å². The molecule has 47 heavy (non-hydrogen) atoms. The van der Waals surface area contributed by atoms with Crippen molar-refractivity contribution in [1.82, 2.24) is 0 Å². The van der Waals surface area contributed by atoms with Crippen LogP contribution in [0.25, 0.3) is 76.8 Å². The topological polar surface area (TPSA) is 29.5 Å². The number of ether oxygens (including phenoxy) is 1. The van der Waals surface area contributed by atoms with Gasteiger partial charge >= 0.3 is 0 Å². The van der Waals surface area contributed by atoms with E-state index < -0.39 is 0 Å². The molecule has 0 aromatic heterocycles. The van der Waals surface area contributed by atoms with Gasteiger partial charge in [0.1, 0.15) is 12.4 Å². The molecule has 0 aliphatic heterocycles. The summed E-state index contributed by atoms with van der Waals surface area (Å²) >= 11 is 0. The average Bonchev–Trinajstić information content (AvgIpc) is 3.51. The molecule has 1 N–H and O–H groups in total. The zero-order valence-corrected chi connectivity index (χ0v) is 25.9. The predicted molar refractivity (Wildman–Crippen MR) is 196 cm³/mol. The van der Waals surface area contributed by atoms with Gasteiger partial charge in [-0.2, -0.15) is 0 Å². The fraction of sp³-hybridized carbons (Fsp3) is 0.0667. The van der Waals surface area contributed by atoms with Gasteiger partial charge in [0.25, 0.3) is 0 Å². The van der Waals surface area contributed by atoms with Gasteiger partial charge in [-0.1, -0.05) is 103 Å². The summed E-state index contributed by atoms with van der Waals surface area (Å²) in [5.41, 5.74) is 12.8. The molecule has 224 valence electrons. The van der Waals surface area contributed by atoms with Crippen molar-refractivity contribution in [2.45, 2.75) is 6.42 Å². The summed E-state index contributed by atoms with van der Waals surface area (Å²) in [7, 11) is 0. The van der Waals surface area contributed by atoms with Crippen molar-refractivity contribution in [3.8, 4) is 50.3 Å². The molecule has 2 heteroatoms. The van der Waals surface area contributed by atoms with E-state index in [9.17, 15) is 5.11 Å². The van der Waals surface area contributed by atoms with Crippen LogP contribution < -0.4 is 4.74 Å². The number of aliphatic hydroxyl groups excluding tert-OH is 1. The highest BCUT2D eigenvalue weighted by molar-refractivity contribution is 5.96. The second-order valence-electron chi connectivity index (χ2n) is 12.5. The van der Waals surface area contributed by atoms with E-state index in [1.54, 1.807) is 0 Å². The van der Waals surface area contributed by atoms with E-state index in [0.29, 0.717) is 6.61 Å². The third-order valence-electron chi connectivity index (χ3n) is 9.67. The first kappa shape index (κ1) is 27.6. The lowest BCUT2D eigenvalue weighted by Gasteiger charge is -2.15. The molecule has 2 nitrogen and oxygen atoms in total. The van der Waals surface area contributed by atoms with Crippen LogP contribution in [0.5, 0.6) is 5.75 Å². The molecular formula is C45H32O2. The molecule has 0 amide bonds. The molecular weight excluding hydrogens is 572 g/mol. The summed E-state index contributed by atoms with van der Waals surface area (Å²) in [5.74, 6) is 0.774. The van der Waals surface area contributed by atoms with Gasteiger partial charge in [0.05, 0.1) is 6.61 Å². The highest BCUT2D eigenvalue weighted by atomic mass is 16.5. The lowest BCUT2D eigenvalue weighted by Crippen LogP contribution is -2.01. The SMILES string of the molecule is OCCOc1ccc2cc(-c3cc(-c4ccc5ccccc5c4)cc4c3Cc3ccc(-c5ccc6ccccc6c5)cc3-4)ccc2c1. The Kier molecular flexibility index (Phi) is 6.62. The number of benzene rings is 8. The molecule has 0 fully saturated rings. The van der Waals surface area contributed by atoms with Gasteiger partial charge < -0.3 is 9.84 Å². The quantitative estimate of drug-likeness (QED) is 0.205. The second kappa shape index (κ2) is 11.3. The molecule has 0 spiro atoms. The van der Waals surface area contributed by atoms with Gasteiger partial charge in [0, 0.05) is 0 Å². The zero-order valence-electron chi connectivity index (χ0n) is 25.9. The van der Waals surface area contributed by atoms with Gasteiger partial charge in [0.2, 0.25) is 0 Å². The standard InChI is InChI=1S/C45H32O2/c46-19-20-47-41-18-17-34-23-38(15-13-36(34)24-41)43-27-40(35-12-10-30-6-2-4-8-32(30)22-35)28-45-42-25-37(14-16-39(42)26-44(43)45)33-11-9-29-5-1-3-7-31(29)21-33/h1-18,21-25,27-28,46H,19-20,26H2. The maximum absolute atomic E-state index is 9.19. The van der Waals surface area contributed by atoms with Crippen LogP contribution in [0.1, 0.15) is 11.1 Å². The van der Waals surface area contributed by atoms with E-state index in [0.717, 1.165) is 22.9 Å². The minimum Gasteiger partial charge on any atom is -0.491 e. The van der Waals surface area contributed by atoms with Gasteiger partial charge in [-0.25, -0.2) is 0 Å². The first-order valence-corrected chi connectivity index (χ1v) is 16.3. The van der Waals surface area contributed by atoms with E-state index in [2.05, 4.69) is 146 Å². The van der Waals surface area contributed by atoms with Crippen molar-refractivity contribution in [2.75, 3.05) is 13.2 Å². The second-order valence-corrected chi connectivity index (χ2v) is 12.5. The molecule has 0 saturated carbocycles. The molecule has 0 unspecified atom stereocenters. The average molecular weight is 605 g/mol. The molecule has 0 radical (unpaired) electrons. The van der Waals surface area contributed by atoms with E-state index in [1.807, 2.05) is 6.07 Å². The summed E-state index contributed by atoms with van der Waals surface area (Å²) in [6, 6.07) is 55.4. The number of aliphatic hydroxyl groups is 1. The molecule has 0 saturated heterocycles. The van der Waals surface area contributed by atoms with Crippen LogP contribution in [-0.4, -0.2) is 18.3 Å². The first-order valence-electron chi connectivity index (χ1n) is 16.3. The normalized spacial score (nSPS) is 12.0.